The predicted molar refractivity (Wildman–Crippen MR) is 90.2 cm³/mol. The topological polar surface area (TPSA) is 114 Å². The summed E-state index contributed by atoms with van der Waals surface area (Å²) in [5.41, 5.74) is 4.60. The largest absolute Gasteiger partial charge is 0.370 e. The molecule has 4 N–H and O–H groups in total. The fourth-order valence-corrected chi connectivity index (χ4v) is 2.49. The first-order chi connectivity index (χ1) is 13.2. The van der Waals surface area contributed by atoms with E-state index < -0.39 is 48.7 Å². The number of hydrogen-bond donors (Lipinski definition) is 3. The third-order valence-corrected chi connectivity index (χ3v) is 3.89. The molecule has 1 aliphatic rings. The van der Waals surface area contributed by atoms with Crippen LogP contribution in [0.3, 0.4) is 0 Å². The summed E-state index contributed by atoms with van der Waals surface area (Å²) in [5.74, 6) is -3.14. The van der Waals surface area contributed by atoms with Gasteiger partial charge in [0.15, 0.2) is 0 Å². The van der Waals surface area contributed by atoms with Crippen molar-refractivity contribution in [2.45, 2.75) is 18.9 Å². The van der Waals surface area contributed by atoms with E-state index in [1.54, 1.807) is 5.32 Å². The summed E-state index contributed by atoms with van der Waals surface area (Å²) in [5, 5.41) is 3.87. The van der Waals surface area contributed by atoms with Crippen LogP contribution in [0.4, 0.5) is 28.9 Å². The van der Waals surface area contributed by atoms with Crippen LogP contribution in [-0.4, -0.2) is 56.5 Å². The number of carbonyl (C=O) groups is 3. The molecule has 1 aromatic carbocycles. The highest BCUT2D eigenvalue weighted by Gasteiger charge is 2.27. The van der Waals surface area contributed by atoms with E-state index >= 15 is 0 Å². The van der Waals surface area contributed by atoms with Crippen molar-refractivity contribution in [2.24, 2.45) is 5.73 Å². The second-order valence-corrected chi connectivity index (χ2v) is 5.76. The van der Waals surface area contributed by atoms with E-state index in [1.165, 1.54) is 11.0 Å². The number of morpholine rings is 1. The number of rotatable bonds is 7. The molecule has 0 bridgehead atoms. The first-order valence-electron chi connectivity index (χ1n) is 8.14. The van der Waals surface area contributed by atoms with Gasteiger partial charge in [-0.1, -0.05) is 0 Å². The van der Waals surface area contributed by atoms with Gasteiger partial charge < -0.3 is 26.0 Å². The minimum Gasteiger partial charge on any atom is -0.370 e. The predicted octanol–water partition coefficient (Wildman–Crippen LogP) is 0.634. The Morgan fingerprint density at radius 3 is 2.50 bits per heavy atom. The van der Waals surface area contributed by atoms with Crippen LogP contribution in [0.25, 0.3) is 0 Å². The number of nitrogens with two attached hydrogens (primary N) is 1. The van der Waals surface area contributed by atoms with Crippen LogP contribution < -0.4 is 21.3 Å². The second kappa shape index (κ2) is 9.46. The number of nitrogens with one attached hydrogen (secondary N) is 2. The molecule has 1 atom stereocenters. The van der Waals surface area contributed by atoms with E-state index in [9.17, 15) is 31.9 Å². The number of halogens is 4. The standard InChI is InChI=1S/C16H18F4N4O4/c17-13(18)9-5-8(24-3-4-28-7-12(24)25)1-2-10(9)22-15(26)11(6-21)23-16(27)14(19)20/h1-2,5,11,13-14H,3-4,6-7,21H2,(H,22,26)(H,23,27)/t11-/m0/s1. The van der Waals surface area contributed by atoms with E-state index in [-0.39, 0.29) is 31.1 Å². The Kier molecular flexibility index (Phi) is 7.29. The summed E-state index contributed by atoms with van der Waals surface area (Å²) in [6.45, 7) is -0.266. The van der Waals surface area contributed by atoms with Crippen molar-refractivity contribution in [3.05, 3.63) is 23.8 Å². The van der Waals surface area contributed by atoms with Crippen molar-refractivity contribution < 1.29 is 36.7 Å². The molecule has 28 heavy (non-hydrogen) atoms. The lowest BCUT2D eigenvalue weighted by molar-refractivity contribution is -0.134. The molecule has 1 aliphatic heterocycles. The number of amides is 3. The minimum absolute atomic E-state index is 0.176. The van der Waals surface area contributed by atoms with Crippen molar-refractivity contribution >= 4 is 29.1 Å². The van der Waals surface area contributed by atoms with Gasteiger partial charge in [0.1, 0.15) is 12.6 Å². The molecule has 0 saturated carbocycles. The average molecular weight is 406 g/mol. The number of carbonyl (C=O) groups excluding carboxylic acids is 3. The highest BCUT2D eigenvalue weighted by molar-refractivity contribution is 5.99. The summed E-state index contributed by atoms with van der Waals surface area (Å²) in [4.78, 5) is 36.3. The number of hydrogen-bond acceptors (Lipinski definition) is 5. The number of nitrogens with zero attached hydrogens (tertiary/aromatic N) is 1. The molecule has 1 saturated heterocycles. The van der Waals surface area contributed by atoms with Crippen LogP contribution in [0.2, 0.25) is 0 Å². The Morgan fingerprint density at radius 1 is 1.21 bits per heavy atom. The van der Waals surface area contributed by atoms with Gasteiger partial charge in [0.2, 0.25) is 5.91 Å². The zero-order chi connectivity index (χ0) is 20.8. The fourth-order valence-electron chi connectivity index (χ4n) is 2.49. The number of benzene rings is 1. The summed E-state index contributed by atoms with van der Waals surface area (Å²) < 4.78 is 56.5. The molecule has 1 fully saturated rings. The summed E-state index contributed by atoms with van der Waals surface area (Å²) in [7, 11) is 0. The lowest BCUT2D eigenvalue weighted by Gasteiger charge is -2.27. The maximum absolute atomic E-state index is 13.4. The first-order valence-corrected chi connectivity index (χ1v) is 8.14. The molecule has 0 radical (unpaired) electrons. The number of ether oxygens (including phenoxy) is 1. The molecule has 12 heteroatoms. The van der Waals surface area contributed by atoms with E-state index in [0.29, 0.717) is 0 Å². The van der Waals surface area contributed by atoms with Gasteiger partial charge in [-0.2, -0.15) is 8.78 Å². The van der Waals surface area contributed by atoms with Gasteiger partial charge in [0.25, 0.3) is 18.2 Å². The normalized spacial score (nSPS) is 15.7. The van der Waals surface area contributed by atoms with E-state index in [1.807, 2.05) is 0 Å². The molecule has 1 heterocycles. The smallest absolute Gasteiger partial charge is 0.315 e. The van der Waals surface area contributed by atoms with E-state index in [2.05, 4.69) is 5.32 Å². The summed E-state index contributed by atoms with van der Waals surface area (Å²) in [6, 6.07) is 2.01. The highest BCUT2D eigenvalue weighted by Crippen LogP contribution is 2.32. The summed E-state index contributed by atoms with van der Waals surface area (Å²) in [6.07, 6.45) is -6.36. The fraction of sp³-hybridized carbons (Fsp3) is 0.438. The van der Waals surface area contributed by atoms with Gasteiger partial charge in [-0.25, -0.2) is 8.78 Å². The lowest BCUT2D eigenvalue weighted by Crippen LogP contribution is -2.50. The molecule has 0 unspecified atom stereocenters. The van der Waals surface area contributed by atoms with Gasteiger partial charge in [-0.3, -0.25) is 14.4 Å². The molecule has 2 rings (SSSR count). The molecule has 1 aromatic rings. The van der Waals surface area contributed by atoms with Crippen molar-refractivity contribution in [3.8, 4) is 0 Å². The van der Waals surface area contributed by atoms with Crippen LogP contribution in [0.5, 0.6) is 0 Å². The Bertz CT molecular complexity index is 747. The third-order valence-electron chi connectivity index (χ3n) is 3.89. The molecule has 8 nitrogen and oxygen atoms in total. The number of anilines is 2. The second-order valence-electron chi connectivity index (χ2n) is 5.76. The lowest BCUT2D eigenvalue weighted by atomic mass is 10.1. The molecule has 3 amide bonds. The van der Waals surface area contributed by atoms with Crippen molar-refractivity contribution in [1.29, 1.82) is 0 Å². The maximum Gasteiger partial charge on any atom is 0.315 e. The minimum atomic E-state index is -3.36. The maximum atomic E-state index is 13.4. The molecular formula is C16H18F4N4O4. The molecule has 0 aliphatic carbocycles. The molecule has 0 aromatic heterocycles. The van der Waals surface area contributed by atoms with Crippen LogP contribution in [-0.2, 0) is 19.1 Å². The Balaban J connectivity index is 2.21. The van der Waals surface area contributed by atoms with Gasteiger partial charge in [-0.05, 0) is 18.2 Å². The van der Waals surface area contributed by atoms with Crippen LogP contribution >= 0.6 is 0 Å². The van der Waals surface area contributed by atoms with Crippen molar-refractivity contribution in [3.63, 3.8) is 0 Å². The monoisotopic (exact) mass is 406 g/mol. The van der Waals surface area contributed by atoms with E-state index in [0.717, 1.165) is 12.1 Å². The van der Waals surface area contributed by atoms with Crippen LogP contribution in [0, 0.1) is 0 Å². The summed E-state index contributed by atoms with van der Waals surface area (Å²) >= 11 is 0. The van der Waals surface area contributed by atoms with Crippen molar-refractivity contribution in [1.82, 2.24) is 5.32 Å². The molecule has 0 spiro atoms. The Hall–Kier alpha value is -2.73. The SMILES string of the molecule is NC[C@H](NC(=O)C(F)F)C(=O)Nc1ccc(N2CCOCC2=O)cc1C(F)F. The van der Waals surface area contributed by atoms with Crippen LogP contribution in [0.15, 0.2) is 18.2 Å². The molecule has 154 valence electrons. The van der Waals surface area contributed by atoms with Gasteiger partial charge in [0.05, 0.1) is 6.61 Å². The van der Waals surface area contributed by atoms with E-state index in [4.69, 9.17) is 10.5 Å². The first kappa shape index (κ1) is 21.6. The molecular weight excluding hydrogens is 388 g/mol. The quantitative estimate of drug-likeness (QED) is 0.575. The number of alkyl halides is 4. The van der Waals surface area contributed by atoms with Gasteiger partial charge in [-0.15, -0.1) is 0 Å². The van der Waals surface area contributed by atoms with Gasteiger partial charge in [0, 0.05) is 30.0 Å². The third kappa shape index (κ3) is 5.16. The zero-order valence-corrected chi connectivity index (χ0v) is 14.5. The zero-order valence-electron chi connectivity index (χ0n) is 14.5. The van der Waals surface area contributed by atoms with Crippen LogP contribution in [0.1, 0.15) is 12.0 Å². The van der Waals surface area contributed by atoms with Gasteiger partial charge >= 0.3 is 6.43 Å². The highest BCUT2D eigenvalue weighted by atomic mass is 19.3. The Labute approximate surface area is 157 Å². The average Bonchev–Trinajstić information content (AvgIpc) is 2.66. The van der Waals surface area contributed by atoms with Crippen molar-refractivity contribution in [2.75, 3.05) is 36.5 Å². The Morgan fingerprint density at radius 2 is 1.93 bits per heavy atom.